The predicted molar refractivity (Wildman–Crippen MR) is 86.0 cm³/mol. The topological polar surface area (TPSA) is 59.4 Å². The molecule has 0 radical (unpaired) electrons. The molecule has 22 heavy (non-hydrogen) atoms. The second-order valence-electron chi connectivity index (χ2n) is 5.92. The van der Waals surface area contributed by atoms with Gasteiger partial charge in [0.25, 0.3) is 0 Å². The van der Waals surface area contributed by atoms with Gasteiger partial charge in [0.05, 0.1) is 6.10 Å². The van der Waals surface area contributed by atoms with Gasteiger partial charge in [-0.25, -0.2) is 4.98 Å². The Hall–Kier alpha value is -1.11. The molecular formula is C15H25ClN4O2. The second-order valence-corrected chi connectivity index (χ2v) is 5.92. The minimum Gasteiger partial charge on any atom is -0.368 e. The van der Waals surface area contributed by atoms with Gasteiger partial charge in [-0.2, -0.15) is 0 Å². The highest BCUT2D eigenvalue weighted by atomic mass is 35.5. The maximum absolute atomic E-state index is 12.5. The van der Waals surface area contributed by atoms with Crippen LogP contribution >= 0.6 is 12.4 Å². The second kappa shape index (κ2) is 7.94. The van der Waals surface area contributed by atoms with E-state index < -0.39 is 0 Å². The van der Waals surface area contributed by atoms with Crippen LogP contribution in [0, 0.1) is 0 Å². The molecule has 1 atom stereocenters. The quantitative estimate of drug-likeness (QED) is 0.904. The zero-order chi connectivity index (χ0) is 14.7. The van der Waals surface area contributed by atoms with Crippen LogP contribution in [0.1, 0.15) is 37.5 Å². The highest BCUT2D eigenvalue weighted by Crippen LogP contribution is 2.23. The molecule has 1 saturated carbocycles. The molecule has 6 nitrogen and oxygen atoms in total. The number of rotatable bonds is 4. The Labute approximate surface area is 137 Å². The Morgan fingerprint density at radius 3 is 2.91 bits per heavy atom. The van der Waals surface area contributed by atoms with Gasteiger partial charge in [-0.3, -0.25) is 4.79 Å². The van der Waals surface area contributed by atoms with E-state index in [9.17, 15) is 4.79 Å². The molecule has 0 aromatic carbocycles. The number of halogens is 1. The van der Waals surface area contributed by atoms with E-state index in [0.29, 0.717) is 6.54 Å². The molecule has 1 N–H and O–H groups in total. The molecule has 124 valence electrons. The predicted octanol–water partition coefficient (Wildman–Crippen LogP) is 1.27. The number of hydrogen-bond donors (Lipinski definition) is 1. The maximum atomic E-state index is 12.5. The molecule has 0 spiro atoms. The number of nitrogens with one attached hydrogen (secondary N) is 1. The van der Waals surface area contributed by atoms with E-state index in [1.165, 1.54) is 12.8 Å². The fraction of sp³-hybridized carbons (Fsp3) is 0.733. The molecule has 2 aliphatic rings. The summed E-state index contributed by atoms with van der Waals surface area (Å²) in [6.07, 6.45) is 8.62. The van der Waals surface area contributed by atoms with Crippen molar-refractivity contribution in [2.24, 2.45) is 7.05 Å². The lowest BCUT2D eigenvalue weighted by molar-refractivity contribution is -0.141. The Morgan fingerprint density at radius 1 is 1.45 bits per heavy atom. The first-order chi connectivity index (χ1) is 10.3. The van der Waals surface area contributed by atoms with Crippen LogP contribution in [-0.2, 0) is 16.6 Å². The zero-order valence-corrected chi connectivity index (χ0v) is 13.8. The van der Waals surface area contributed by atoms with E-state index in [1.54, 1.807) is 6.20 Å². The molecule has 1 amide bonds. The smallest absolute Gasteiger partial charge is 0.249 e. The normalized spacial score (nSPS) is 22.6. The van der Waals surface area contributed by atoms with Gasteiger partial charge in [-0.15, -0.1) is 12.4 Å². The van der Waals surface area contributed by atoms with Crippen LogP contribution in [0.25, 0.3) is 0 Å². The average Bonchev–Trinajstić information content (AvgIpc) is 3.16. The minimum absolute atomic E-state index is 0. The van der Waals surface area contributed by atoms with Crippen LogP contribution < -0.4 is 5.32 Å². The van der Waals surface area contributed by atoms with Gasteiger partial charge in [-0.1, -0.05) is 12.8 Å². The van der Waals surface area contributed by atoms with E-state index in [-0.39, 0.29) is 37.1 Å². The summed E-state index contributed by atoms with van der Waals surface area (Å²) < 4.78 is 7.76. The van der Waals surface area contributed by atoms with E-state index in [2.05, 4.69) is 10.3 Å². The van der Waals surface area contributed by atoms with Crippen molar-refractivity contribution < 1.29 is 9.53 Å². The summed E-state index contributed by atoms with van der Waals surface area (Å²) in [5.41, 5.74) is 0. The minimum atomic E-state index is -0.00146. The lowest BCUT2D eigenvalue weighted by Crippen LogP contribution is -2.50. The highest BCUT2D eigenvalue weighted by molar-refractivity contribution is 5.85. The number of amides is 1. The lowest BCUT2D eigenvalue weighted by atomic mass is 10.1. The third-order valence-corrected chi connectivity index (χ3v) is 4.46. The maximum Gasteiger partial charge on any atom is 0.249 e. The van der Waals surface area contributed by atoms with Gasteiger partial charge in [0.2, 0.25) is 5.91 Å². The van der Waals surface area contributed by atoms with Crippen LogP contribution in [0.3, 0.4) is 0 Å². The lowest BCUT2D eigenvalue weighted by Gasteiger charge is -2.35. The third-order valence-electron chi connectivity index (χ3n) is 4.46. The number of aryl methyl sites for hydroxylation is 1. The third kappa shape index (κ3) is 3.80. The summed E-state index contributed by atoms with van der Waals surface area (Å²) in [5.74, 6) is 1.01. The van der Waals surface area contributed by atoms with E-state index >= 15 is 0 Å². The molecule has 1 aromatic rings. The van der Waals surface area contributed by atoms with Gasteiger partial charge >= 0.3 is 0 Å². The number of ether oxygens (including phenoxy) is 1. The van der Waals surface area contributed by atoms with Gasteiger partial charge in [0, 0.05) is 39.1 Å². The van der Waals surface area contributed by atoms with Crippen molar-refractivity contribution in [1.82, 2.24) is 19.8 Å². The van der Waals surface area contributed by atoms with Gasteiger partial charge in [0.15, 0.2) is 0 Å². The Morgan fingerprint density at radius 2 is 2.23 bits per heavy atom. The Kier molecular flexibility index (Phi) is 6.23. The molecule has 7 heteroatoms. The molecule has 2 heterocycles. The van der Waals surface area contributed by atoms with Crippen LogP contribution in [0.2, 0.25) is 0 Å². The van der Waals surface area contributed by atoms with Gasteiger partial charge in [0.1, 0.15) is 18.5 Å². The van der Waals surface area contributed by atoms with Crippen molar-refractivity contribution in [2.45, 2.75) is 37.8 Å². The van der Waals surface area contributed by atoms with E-state index in [1.807, 2.05) is 22.7 Å². The number of carbonyl (C=O) groups excluding carboxylic acids is 1. The van der Waals surface area contributed by atoms with Crippen molar-refractivity contribution in [2.75, 3.05) is 26.2 Å². The largest absolute Gasteiger partial charge is 0.368 e. The molecule has 1 aromatic heterocycles. The summed E-state index contributed by atoms with van der Waals surface area (Å²) in [6, 6.07) is -0.00146. The summed E-state index contributed by atoms with van der Waals surface area (Å²) in [5, 5.41) is 3.34. The summed E-state index contributed by atoms with van der Waals surface area (Å²) in [4.78, 5) is 18.8. The summed E-state index contributed by atoms with van der Waals surface area (Å²) in [7, 11) is 1.97. The van der Waals surface area contributed by atoms with Crippen molar-refractivity contribution in [3.05, 3.63) is 18.2 Å². The number of nitrogens with zero attached hydrogens (tertiary/aromatic N) is 3. The van der Waals surface area contributed by atoms with Crippen molar-refractivity contribution in [3.8, 4) is 0 Å². The number of piperazine rings is 1. The highest BCUT2D eigenvalue weighted by Gasteiger charge is 2.30. The first-order valence-electron chi connectivity index (χ1n) is 7.84. The molecule has 0 bridgehead atoms. The van der Waals surface area contributed by atoms with Crippen LogP contribution in [-0.4, -0.2) is 52.7 Å². The first-order valence-corrected chi connectivity index (χ1v) is 7.84. The number of imidazole rings is 1. The SMILES string of the molecule is Cl.Cn1ccnc1C1CNCCN1C(=O)COC1CCCC1. The van der Waals surface area contributed by atoms with Gasteiger partial charge < -0.3 is 19.5 Å². The molecule has 1 aliphatic heterocycles. The van der Waals surface area contributed by atoms with Crippen LogP contribution in [0.5, 0.6) is 0 Å². The molecule has 3 rings (SSSR count). The van der Waals surface area contributed by atoms with Gasteiger partial charge in [-0.05, 0) is 12.8 Å². The molecule has 1 saturated heterocycles. The number of aromatic nitrogens is 2. The molecule has 1 aliphatic carbocycles. The fourth-order valence-electron chi connectivity index (χ4n) is 3.26. The van der Waals surface area contributed by atoms with E-state index in [4.69, 9.17) is 4.74 Å². The van der Waals surface area contributed by atoms with Crippen LogP contribution in [0.4, 0.5) is 0 Å². The summed E-state index contributed by atoms with van der Waals surface area (Å²) >= 11 is 0. The fourth-order valence-corrected chi connectivity index (χ4v) is 3.26. The molecular weight excluding hydrogens is 304 g/mol. The number of carbonyl (C=O) groups is 1. The average molecular weight is 329 g/mol. The van der Waals surface area contributed by atoms with E-state index in [0.717, 1.165) is 31.8 Å². The Balaban J connectivity index is 0.00000176. The first kappa shape index (κ1) is 17.2. The van der Waals surface area contributed by atoms with Crippen molar-refractivity contribution >= 4 is 18.3 Å². The monoisotopic (exact) mass is 328 g/mol. The molecule has 1 unspecified atom stereocenters. The standard InChI is InChI=1S/C15H24N4O2.ClH/c1-18-8-7-17-15(18)13-10-16-6-9-19(13)14(20)11-21-12-4-2-3-5-12;/h7-8,12-13,16H,2-6,9-11H2,1H3;1H. The molecule has 2 fully saturated rings. The summed E-state index contributed by atoms with van der Waals surface area (Å²) in [6.45, 7) is 2.49. The van der Waals surface area contributed by atoms with Crippen molar-refractivity contribution in [1.29, 1.82) is 0 Å². The Bertz CT molecular complexity index is 488. The number of hydrogen-bond acceptors (Lipinski definition) is 4. The van der Waals surface area contributed by atoms with Crippen LogP contribution in [0.15, 0.2) is 12.4 Å². The van der Waals surface area contributed by atoms with Crippen molar-refractivity contribution in [3.63, 3.8) is 0 Å². The zero-order valence-electron chi connectivity index (χ0n) is 13.0.